The molecular weight excluding hydrogens is 634 g/mol. The summed E-state index contributed by atoms with van der Waals surface area (Å²) in [7, 11) is -2.53. The number of aromatic nitrogens is 3. The minimum absolute atomic E-state index is 0.000644. The van der Waals surface area contributed by atoms with Crippen molar-refractivity contribution in [3.05, 3.63) is 68.9 Å². The second-order valence-corrected chi connectivity index (χ2v) is 18.5. The Labute approximate surface area is 264 Å². The van der Waals surface area contributed by atoms with Gasteiger partial charge in [-0.1, -0.05) is 32.0 Å². The van der Waals surface area contributed by atoms with Crippen molar-refractivity contribution in [3.8, 4) is 0 Å². The van der Waals surface area contributed by atoms with E-state index in [2.05, 4.69) is 15.2 Å². The third-order valence-electron chi connectivity index (χ3n) is 8.64. The van der Waals surface area contributed by atoms with Crippen molar-refractivity contribution in [2.24, 2.45) is 5.16 Å². The molecule has 2 aromatic heterocycles. The van der Waals surface area contributed by atoms with E-state index in [0.29, 0.717) is 31.6 Å². The number of thiazole rings is 1. The Bertz CT molecular complexity index is 1520. The number of benzene rings is 1. The number of likely N-dealkylation sites (tertiary alicyclic amines) is 1. The zero-order chi connectivity index (χ0) is 33.3. The van der Waals surface area contributed by atoms with Crippen LogP contribution in [0.3, 0.4) is 0 Å². The molecule has 1 N–H and O–H groups in total. The number of halogens is 5. The molecule has 8 nitrogen and oxygen atoms in total. The van der Waals surface area contributed by atoms with Gasteiger partial charge in [-0.25, -0.2) is 13.8 Å². The van der Waals surface area contributed by atoms with Crippen molar-refractivity contribution in [3.63, 3.8) is 0 Å². The molecule has 246 valence electrons. The van der Waals surface area contributed by atoms with Crippen LogP contribution in [0.15, 0.2) is 34.8 Å². The summed E-state index contributed by atoms with van der Waals surface area (Å²) in [5, 5.41) is 19.2. The minimum atomic E-state index is -4.59. The molecule has 3 aromatic rings. The highest BCUT2D eigenvalue weighted by Gasteiger charge is 2.41. The molecule has 45 heavy (non-hydrogen) atoms. The molecule has 1 fully saturated rings. The predicted molar refractivity (Wildman–Crippen MR) is 163 cm³/mol. The summed E-state index contributed by atoms with van der Waals surface area (Å²) in [6.45, 7) is 12.0. The normalized spacial score (nSPS) is 16.3. The Kier molecular flexibility index (Phi) is 10.2. The summed E-state index contributed by atoms with van der Waals surface area (Å²) >= 11 is 1.36. The van der Waals surface area contributed by atoms with Gasteiger partial charge in [0.15, 0.2) is 14.0 Å². The largest absolute Gasteiger partial charge is 0.435 e. The van der Waals surface area contributed by atoms with Gasteiger partial charge >= 0.3 is 6.18 Å². The number of amides is 1. The molecule has 1 amide bonds. The van der Waals surface area contributed by atoms with Gasteiger partial charge in [0.25, 0.3) is 0 Å². The zero-order valence-electron chi connectivity index (χ0n) is 26.1. The lowest BCUT2D eigenvalue weighted by Crippen LogP contribution is -2.42. The first-order valence-electron chi connectivity index (χ1n) is 14.6. The van der Waals surface area contributed by atoms with E-state index in [-0.39, 0.29) is 46.8 Å². The quantitative estimate of drug-likeness (QED) is 0.0829. The molecule has 1 aliphatic rings. The van der Waals surface area contributed by atoms with Gasteiger partial charge in [0, 0.05) is 36.5 Å². The number of alkyl halides is 3. The topological polar surface area (TPSA) is 92.8 Å². The number of carbonyl (C=O) groups excluding carboxylic acids is 1. The fraction of sp³-hybridized carbons (Fsp3) is 0.533. The van der Waals surface area contributed by atoms with Crippen LogP contribution in [0.25, 0.3) is 0 Å². The molecule has 3 heterocycles. The monoisotopic (exact) mass is 671 g/mol. The first kappa shape index (κ1) is 34.7. The molecule has 1 aliphatic heterocycles. The molecular formula is C30H38F5N5O3SSi. The van der Waals surface area contributed by atoms with Crippen molar-refractivity contribution in [2.45, 2.75) is 89.8 Å². The standard InChI is InChI=1S/C30H38F5N5O3SSi/c1-18-14-25(30(33,34)35)37-40(18)16-26(41)39-12-10-19(11-13-39)28-36-23(17-44-28)22(38-42)15-24(43-45(5,6)29(2,3)4)27-20(31)8-7-9-21(27)32/h7-9,14,17,19,24,42H,10-13,15-16H2,1-6H3/b38-22+. The summed E-state index contributed by atoms with van der Waals surface area (Å²) in [4.78, 5) is 19.1. The molecule has 1 unspecified atom stereocenters. The third-order valence-corrected chi connectivity index (χ3v) is 14.1. The van der Waals surface area contributed by atoms with Crippen molar-refractivity contribution in [1.29, 1.82) is 0 Å². The summed E-state index contributed by atoms with van der Waals surface area (Å²) in [6.07, 6.45) is -4.60. The average molecular weight is 672 g/mol. The fourth-order valence-corrected chi connectivity index (χ4v) is 7.21. The fourth-order valence-electron chi connectivity index (χ4n) is 4.95. The van der Waals surface area contributed by atoms with Gasteiger partial charge in [-0.05, 0) is 56.1 Å². The van der Waals surface area contributed by atoms with Crippen molar-refractivity contribution < 1.29 is 36.4 Å². The van der Waals surface area contributed by atoms with Crippen LogP contribution in [0, 0.1) is 18.6 Å². The van der Waals surface area contributed by atoms with E-state index in [9.17, 15) is 32.0 Å². The van der Waals surface area contributed by atoms with Gasteiger partial charge < -0.3 is 14.5 Å². The summed E-state index contributed by atoms with van der Waals surface area (Å²) in [6, 6.07) is 4.54. The van der Waals surface area contributed by atoms with Gasteiger partial charge in [-0.15, -0.1) is 11.3 Å². The smallest absolute Gasteiger partial charge is 0.411 e. The Hall–Kier alpha value is -3.17. The van der Waals surface area contributed by atoms with Crippen molar-refractivity contribution in [2.75, 3.05) is 13.1 Å². The maximum absolute atomic E-state index is 15.0. The van der Waals surface area contributed by atoms with Crippen LogP contribution in [0.5, 0.6) is 0 Å². The second-order valence-electron chi connectivity index (χ2n) is 12.8. The molecule has 0 spiro atoms. The summed E-state index contributed by atoms with van der Waals surface area (Å²) < 4.78 is 76.4. The number of nitrogens with zero attached hydrogens (tertiary/aromatic N) is 5. The number of hydrogen-bond donors (Lipinski definition) is 1. The highest BCUT2D eigenvalue weighted by atomic mass is 32.1. The molecule has 1 atom stereocenters. The summed E-state index contributed by atoms with van der Waals surface area (Å²) in [5.41, 5.74) is -0.517. The molecule has 0 bridgehead atoms. The molecule has 0 aliphatic carbocycles. The predicted octanol–water partition coefficient (Wildman–Crippen LogP) is 7.68. The Balaban J connectivity index is 1.45. The summed E-state index contributed by atoms with van der Waals surface area (Å²) in [5.74, 6) is -1.82. The van der Waals surface area contributed by atoms with E-state index in [4.69, 9.17) is 4.43 Å². The number of piperidine rings is 1. The van der Waals surface area contributed by atoms with Gasteiger partial charge in [-0.2, -0.15) is 18.3 Å². The van der Waals surface area contributed by atoms with Crippen LogP contribution in [0.4, 0.5) is 22.0 Å². The molecule has 15 heteroatoms. The molecule has 1 saturated heterocycles. The number of oxime groups is 1. The van der Waals surface area contributed by atoms with Crippen molar-refractivity contribution >= 4 is 31.3 Å². The first-order valence-corrected chi connectivity index (χ1v) is 18.4. The number of aryl methyl sites for hydroxylation is 1. The van der Waals surface area contributed by atoms with Crippen molar-refractivity contribution in [1.82, 2.24) is 19.7 Å². The van der Waals surface area contributed by atoms with E-state index in [1.807, 2.05) is 33.9 Å². The van der Waals surface area contributed by atoms with Crippen LogP contribution in [-0.2, 0) is 21.9 Å². The van der Waals surface area contributed by atoms with Crippen LogP contribution in [0.1, 0.15) is 79.7 Å². The maximum atomic E-state index is 15.0. The SMILES string of the molecule is Cc1cc(C(F)(F)F)nn1CC(=O)N1CCC(c2nc(/C(CC(O[Si](C)(C)C(C)(C)C)c3c(F)cccc3F)=N/O)cs2)CC1. The third kappa shape index (κ3) is 7.98. The molecule has 0 saturated carbocycles. The highest BCUT2D eigenvalue weighted by molar-refractivity contribution is 7.10. The van der Waals surface area contributed by atoms with Gasteiger partial charge in [-0.3, -0.25) is 9.48 Å². The van der Waals surface area contributed by atoms with Gasteiger partial charge in [0.2, 0.25) is 5.91 Å². The van der Waals surface area contributed by atoms with E-state index in [0.717, 1.165) is 15.8 Å². The molecule has 0 radical (unpaired) electrons. The number of hydrogen-bond acceptors (Lipinski definition) is 7. The Morgan fingerprint density at radius 3 is 2.33 bits per heavy atom. The van der Waals surface area contributed by atoms with Crippen LogP contribution in [-0.4, -0.2) is 57.9 Å². The maximum Gasteiger partial charge on any atom is 0.435 e. The minimum Gasteiger partial charge on any atom is -0.411 e. The number of carbonyl (C=O) groups is 1. The van der Waals surface area contributed by atoms with Gasteiger partial charge in [0.05, 0.1) is 22.4 Å². The lowest BCUT2D eigenvalue weighted by atomic mass is 9.97. The van der Waals surface area contributed by atoms with E-state index >= 15 is 0 Å². The first-order chi connectivity index (χ1) is 20.9. The van der Waals surface area contributed by atoms with E-state index < -0.39 is 37.9 Å². The van der Waals surface area contributed by atoms with Crippen LogP contribution in [0.2, 0.25) is 18.1 Å². The second kappa shape index (κ2) is 13.3. The average Bonchev–Trinajstić information content (AvgIpc) is 3.58. The number of rotatable bonds is 9. The van der Waals surface area contributed by atoms with E-state index in [1.54, 1.807) is 10.3 Å². The lowest BCUT2D eigenvalue weighted by molar-refractivity contribution is -0.142. The Morgan fingerprint density at radius 2 is 1.80 bits per heavy atom. The van der Waals surface area contributed by atoms with Crippen LogP contribution >= 0.6 is 11.3 Å². The van der Waals surface area contributed by atoms with Gasteiger partial charge in [0.1, 0.15) is 23.9 Å². The molecule has 1 aromatic carbocycles. The molecule has 4 rings (SSSR count). The zero-order valence-corrected chi connectivity index (χ0v) is 27.9. The highest BCUT2D eigenvalue weighted by Crippen LogP contribution is 2.42. The lowest BCUT2D eigenvalue weighted by Gasteiger charge is -2.39. The van der Waals surface area contributed by atoms with Crippen LogP contribution < -0.4 is 0 Å². The Morgan fingerprint density at radius 1 is 1.18 bits per heavy atom. The van der Waals surface area contributed by atoms with E-state index in [1.165, 1.54) is 36.5 Å².